The van der Waals surface area contributed by atoms with Gasteiger partial charge >= 0.3 is 0 Å². The molecule has 0 aromatic heterocycles. The molecule has 1 rings (SSSR count). The van der Waals surface area contributed by atoms with Gasteiger partial charge in [-0.2, -0.15) is 0 Å². The van der Waals surface area contributed by atoms with Crippen molar-refractivity contribution in [3.8, 4) is 0 Å². The second-order valence-corrected chi connectivity index (χ2v) is 13.5. The van der Waals surface area contributed by atoms with Crippen LogP contribution in [0.3, 0.4) is 0 Å². The van der Waals surface area contributed by atoms with Crippen LogP contribution in [0.15, 0.2) is 4.74 Å². The van der Waals surface area contributed by atoms with E-state index in [-0.39, 0.29) is 21.9 Å². The van der Waals surface area contributed by atoms with E-state index in [0.717, 1.165) is 13.0 Å². The summed E-state index contributed by atoms with van der Waals surface area (Å²) in [7, 11) is -1.87. The van der Waals surface area contributed by atoms with Crippen LogP contribution in [0, 0.1) is 5.92 Å². The average molecular weight is 331 g/mol. The zero-order chi connectivity index (χ0) is 17.6. The molecule has 1 aliphatic carbocycles. The summed E-state index contributed by atoms with van der Waals surface area (Å²) >= 11 is 0. The van der Waals surface area contributed by atoms with Crippen molar-refractivity contribution < 1.29 is 9.26 Å². The molecular weight excluding hydrogens is 293 g/mol. The van der Waals surface area contributed by atoms with Gasteiger partial charge in [-0.05, 0) is 61.6 Å². The van der Waals surface area contributed by atoms with Crippen LogP contribution in [0.25, 0.3) is 0 Å². The molecule has 4 heteroatoms. The quantitative estimate of drug-likeness (QED) is 0.597. The van der Waals surface area contributed by atoms with Gasteiger partial charge in [-0.25, -0.2) is 0 Å². The molecule has 0 bridgehead atoms. The second-order valence-electron chi connectivity index (χ2n) is 10.0. The van der Waals surface area contributed by atoms with Gasteiger partial charge in [0.15, 0.2) is 0 Å². The van der Waals surface area contributed by atoms with Crippen LogP contribution in [-0.4, -0.2) is 35.2 Å². The monoisotopic (exact) mass is 331 g/mol. The molecule has 3 unspecified atom stereocenters. The zero-order valence-corrected chi connectivity index (χ0v) is 17.6. The van der Waals surface area contributed by atoms with Gasteiger partial charge in [0.25, 0.3) is 0 Å². The predicted molar refractivity (Wildman–Crippen MR) is 98.1 cm³/mol. The molecule has 0 heterocycles. The van der Waals surface area contributed by atoms with E-state index in [4.69, 9.17) is 14.0 Å². The molecule has 132 valence electrons. The highest BCUT2D eigenvalue weighted by molar-refractivity contribution is 7.62. The van der Waals surface area contributed by atoms with Gasteiger partial charge in [0.05, 0.1) is 30.6 Å². The van der Waals surface area contributed by atoms with Crippen molar-refractivity contribution in [3.05, 3.63) is 0 Å². The van der Waals surface area contributed by atoms with E-state index in [0.29, 0.717) is 5.92 Å². The van der Waals surface area contributed by atoms with E-state index < -0.39 is 7.28 Å². The van der Waals surface area contributed by atoms with Gasteiger partial charge in [0.1, 0.15) is 0 Å². The molecule has 0 N–H and O–H groups in total. The Morgan fingerprint density at radius 2 is 1.55 bits per heavy atom. The van der Waals surface area contributed by atoms with E-state index in [1.54, 1.807) is 0 Å². The smallest absolute Gasteiger partial charge is 0.0885 e. The third-order valence-corrected chi connectivity index (χ3v) is 8.44. The number of rotatable bonds is 4. The first kappa shape index (κ1) is 20.2. The Morgan fingerprint density at radius 1 is 1.05 bits per heavy atom. The lowest BCUT2D eigenvalue weighted by atomic mass is 10.1. The molecule has 22 heavy (non-hydrogen) atoms. The topological polar surface area (TPSA) is 30.8 Å². The van der Waals surface area contributed by atoms with Crippen molar-refractivity contribution in [2.45, 2.75) is 97.6 Å². The van der Waals surface area contributed by atoms with Crippen LogP contribution in [0.1, 0.15) is 75.7 Å². The number of hydrogen-bond acceptors (Lipinski definition) is 3. The Hall–Kier alpha value is 0.150. The third kappa shape index (κ3) is 5.65. The number of hydrogen-bond donors (Lipinski definition) is 0. The summed E-state index contributed by atoms with van der Waals surface area (Å²) in [5, 5.41) is 0.0569. The van der Waals surface area contributed by atoms with Gasteiger partial charge in [0.2, 0.25) is 0 Å². The van der Waals surface area contributed by atoms with Gasteiger partial charge in [0, 0.05) is 11.1 Å². The second kappa shape index (κ2) is 5.90. The minimum absolute atomic E-state index is 0.0569. The molecule has 3 atom stereocenters. The minimum Gasteiger partial charge on any atom is -0.375 e. The summed E-state index contributed by atoms with van der Waals surface area (Å²) in [5.41, 5.74) is -0.226. The van der Waals surface area contributed by atoms with Crippen molar-refractivity contribution in [1.29, 1.82) is 0 Å². The molecule has 0 aromatic rings. The first-order valence-electron chi connectivity index (χ1n) is 8.43. The van der Waals surface area contributed by atoms with Crippen LogP contribution in [0.2, 0.25) is 0 Å². The Labute approximate surface area is 138 Å². The van der Waals surface area contributed by atoms with Crippen LogP contribution in [-0.2, 0) is 9.26 Å². The normalized spacial score (nSPS) is 29.1. The van der Waals surface area contributed by atoms with Crippen molar-refractivity contribution in [2.75, 3.05) is 13.3 Å². The Balaban J connectivity index is 2.88. The van der Waals surface area contributed by atoms with Crippen molar-refractivity contribution in [1.82, 2.24) is 0 Å². The predicted octanol–water partition coefficient (Wildman–Crippen LogP) is 5.94. The number of nitrogens with zero attached hydrogens (tertiary/aromatic N) is 1. The summed E-state index contributed by atoms with van der Waals surface area (Å²) in [6.07, 6.45) is 1.08. The maximum absolute atomic E-state index is 6.72. The SMILES string of the molecule is CC(C)(C)N=P(C)(OC1(C)CC1COC(C)(C)C)C(C)(C)C. The lowest BCUT2D eigenvalue weighted by molar-refractivity contribution is -0.0173. The largest absolute Gasteiger partial charge is 0.375 e. The highest BCUT2D eigenvalue weighted by Gasteiger charge is 2.55. The molecule has 0 amide bonds. The van der Waals surface area contributed by atoms with Crippen LogP contribution in [0.5, 0.6) is 0 Å². The first-order valence-corrected chi connectivity index (χ1v) is 10.5. The van der Waals surface area contributed by atoms with E-state index in [1.165, 1.54) is 0 Å². The molecule has 1 fully saturated rings. The van der Waals surface area contributed by atoms with Crippen molar-refractivity contribution in [2.24, 2.45) is 10.7 Å². The lowest BCUT2D eigenvalue weighted by Gasteiger charge is -2.38. The average Bonchev–Trinajstić information content (AvgIpc) is 2.79. The zero-order valence-electron chi connectivity index (χ0n) is 16.7. The Bertz CT molecular complexity index is 451. The van der Waals surface area contributed by atoms with Crippen LogP contribution in [0.4, 0.5) is 0 Å². The Morgan fingerprint density at radius 3 is 1.91 bits per heavy atom. The third-order valence-electron chi connectivity index (χ3n) is 4.19. The molecule has 0 radical (unpaired) electrons. The number of ether oxygens (including phenoxy) is 1. The fourth-order valence-electron chi connectivity index (χ4n) is 2.41. The first-order chi connectivity index (χ1) is 9.48. The fraction of sp³-hybridized carbons (Fsp3) is 1.00. The van der Waals surface area contributed by atoms with E-state index >= 15 is 0 Å². The van der Waals surface area contributed by atoms with Crippen LogP contribution >= 0.6 is 7.28 Å². The minimum atomic E-state index is -1.87. The van der Waals surface area contributed by atoms with Crippen LogP contribution < -0.4 is 0 Å². The molecule has 1 saturated carbocycles. The van der Waals surface area contributed by atoms with Gasteiger partial charge < -0.3 is 9.26 Å². The molecule has 0 saturated heterocycles. The molecule has 3 nitrogen and oxygen atoms in total. The highest BCUT2D eigenvalue weighted by atomic mass is 31.2. The summed E-state index contributed by atoms with van der Waals surface area (Å²) in [6, 6.07) is 0. The molecule has 0 aliphatic heterocycles. The lowest BCUT2D eigenvalue weighted by Crippen LogP contribution is -2.26. The molecular formula is C18H38NO2P. The van der Waals surface area contributed by atoms with E-state index in [1.807, 2.05) is 0 Å². The van der Waals surface area contributed by atoms with E-state index in [2.05, 4.69) is 75.9 Å². The molecule has 1 aliphatic rings. The fourth-order valence-corrected chi connectivity index (χ4v) is 5.21. The molecule has 0 aromatic carbocycles. The van der Waals surface area contributed by atoms with Crippen molar-refractivity contribution >= 4 is 7.28 Å². The van der Waals surface area contributed by atoms with Gasteiger partial charge in [-0.1, -0.05) is 20.8 Å². The highest BCUT2D eigenvalue weighted by Crippen LogP contribution is 2.67. The van der Waals surface area contributed by atoms with E-state index in [9.17, 15) is 0 Å². The standard InChI is InChI=1S/C18H38NO2P/c1-15(2,3)19-22(11,17(7,8)9)21-18(10)12-14(18)13-20-16(4,5)6/h14H,12-13H2,1-11H3. The summed E-state index contributed by atoms with van der Waals surface area (Å²) in [5.74, 6) is 0.489. The summed E-state index contributed by atoms with van der Waals surface area (Å²) in [6.45, 7) is 24.8. The maximum Gasteiger partial charge on any atom is 0.0885 e. The Kier molecular flexibility index (Phi) is 5.42. The van der Waals surface area contributed by atoms with Gasteiger partial charge in [-0.15, -0.1) is 0 Å². The summed E-state index contributed by atoms with van der Waals surface area (Å²) < 4.78 is 17.8. The van der Waals surface area contributed by atoms with Gasteiger partial charge in [-0.3, -0.25) is 4.74 Å². The molecule has 0 spiro atoms. The summed E-state index contributed by atoms with van der Waals surface area (Å²) in [4.78, 5) is 0. The maximum atomic E-state index is 6.72. The van der Waals surface area contributed by atoms with Crippen molar-refractivity contribution in [3.63, 3.8) is 0 Å².